The fourth-order valence-electron chi connectivity index (χ4n) is 1.68. The largest absolute Gasteiger partial charge is 0.480 e. The highest BCUT2D eigenvalue weighted by Crippen LogP contribution is 2.17. The lowest BCUT2D eigenvalue weighted by atomic mass is 10.2. The van der Waals surface area contributed by atoms with E-state index in [4.69, 9.17) is 5.11 Å². The molecule has 0 saturated carbocycles. The molecule has 98 valence electrons. The molecule has 1 aliphatic heterocycles. The molecule has 8 heteroatoms. The molecular weight excluding hydrogens is 248 g/mol. The SMILES string of the molecule is CS(=O)CCNC(=O)N1CC(O)C[C@H]1C(=O)O. The number of nitrogens with zero attached hydrogens (tertiary/aromatic N) is 1. The highest BCUT2D eigenvalue weighted by atomic mass is 32.2. The van der Waals surface area contributed by atoms with E-state index in [0.29, 0.717) is 5.75 Å². The molecule has 1 fully saturated rings. The van der Waals surface area contributed by atoms with Crippen LogP contribution in [0.5, 0.6) is 0 Å². The maximum atomic E-state index is 11.6. The van der Waals surface area contributed by atoms with Crippen molar-refractivity contribution in [3.63, 3.8) is 0 Å². The number of hydrogen-bond donors (Lipinski definition) is 3. The van der Waals surface area contributed by atoms with E-state index in [0.717, 1.165) is 4.90 Å². The molecule has 17 heavy (non-hydrogen) atoms. The molecule has 0 spiro atoms. The van der Waals surface area contributed by atoms with Gasteiger partial charge >= 0.3 is 12.0 Å². The van der Waals surface area contributed by atoms with Gasteiger partial charge in [0.1, 0.15) is 6.04 Å². The Kier molecular flexibility index (Phi) is 4.88. The number of urea groups is 1. The van der Waals surface area contributed by atoms with E-state index in [1.54, 1.807) is 0 Å². The smallest absolute Gasteiger partial charge is 0.326 e. The molecule has 0 aromatic carbocycles. The summed E-state index contributed by atoms with van der Waals surface area (Å²) in [6.07, 6.45) is 0.760. The van der Waals surface area contributed by atoms with Crippen molar-refractivity contribution in [3.8, 4) is 0 Å². The number of β-amino-alcohol motifs (C(OH)–C–C–N with tert-alkyl or cyclic N) is 1. The number of carboxylic acid groups (broad SMARTS) is 1. The number of hydrogen-bond acceptors (Lipinski definition) is 4. The van der Waals surface area contributed by atoms with Gasteiger partial charge in [-0.2, -0.15) is 0 Å². The third kappa shape index (κ3) is 3.97. The number of carbonyl (C=O) groups is 2. The van der Waals surface area contributed by atoms with Crippen LogP contribution in [-0.4, -0.2) is 68.6 Å². The number of amides is 2. The molecule has 0 aromatic heterocycles. The van der Waals surface area contributed by atoms with Crippen LogP contribution < -0.4 is 5.32 Å². The minimum atomic E-state index is -1.13. The van der Waals surface area contributed by atoms with E-state index >= 15 is 0 Å². The molecule has 2 amide bonds. The summed E-state index contributed by atoms with van der Waals surface area (Å²) in [5.74, 6) is -0.810. The van der Waals surface area contributed by atoms with Crippen LogP contribution in [0.4, 0.5) is 4.79 Å². The third-order valence-corrected chi connectivity index (χ3v) is 3.27. The van der Waals surface area contributed by atoms with Gasteiger partial charge in [-0.3, -0.25) is 4.21 Å². The lowest BCUT2D eigenvalue weighted by Gasteiger charge is -2.21. The van der Waals surface area contributed by atoms with Crippen LogP contribution in [0.3, 0.4) is 0 Å². The fraction of sp³-hybridized carbons (Fsp3) is 0.778. The number of carbonyl (C=O) groups excluding carboxylic acids is 1. The number of aliphatic hydroxyl groups excluding tert-OH is 1. The molecule has 0 bridgehead atoms. The zero-order valence-corrected chi connectivity index (χ0v) is 10.3. The van der Waals surface area contributed by atoms with Crippen LogP contribution >= 0.6 is 0 Å². The van der Waals surface area contributed by atoms with Gasteiger partial charge in [-0.25, -0.2) is 9.59 Å². The topological polar surface area (TPSA) is 107 Å². The van der Waals surface area contributed by atoms with Crippen molar-refractivity contribution in [2.75, 3.05) is 25.1 Å². The molecule has 1 saturated heterocycles. The Morgan fingerprint density at radius 1 is 1.53 bits per heavy atom. The lowest BCUT2D eigenvalue weighted by molar-refractivity contribution is -0.141. The van der Waals surface area contributed by atoms with Crippen molar-refractivity contribution >= 4 is 22.8 Å². The van der Waals surface area contributed by atoms with Crippen LogP contribution in [0.1, 0.15) is 6.42 Å². The Morgan fingerprint density at radius 2 is 2.18 bits per heavy atom. The number of aliphatic hydroxyl groups is 1. The number of aliphatic carboxylic acids is 1. The van der Waals surface area contributed by atoms with Gasteiger partial charge in [0, 0.05) is 42.3 Å². The van der Waals surface area contributed by atoms with Crippen molar-refractivity contribution in [2.45, 2.75) is 18.6 Å². The van der Waals surface area contributed by atoms with Crippen LogP contribution in [0.2, 0.25) is 0 Å². The molecule has 2 unspecified atom stereocenters. The summed E-state index contributed by atoms with van der Waals surface area (Å²) >= 11 is 0. The minimum absolute atomic E-state index is 0.0119. The van der Waals surface area contributed by atoms with Crippen LogP contribution in [0, 0.1) is 0 Å². The fourth-order valence-corrected chi connectivity index (χ4v) is 2.07. The van der Waals surface area contributed by atoms with Crippen molar-refractivity contribution < 1.29 is 24.0 Å². The van der Waals surface area contributed by atoms with Crippen LogP contribution in [-0.2, 0) is 15.6 Å². The Hall–Kier alpha value is -1.15. The predicted molar refractivity (Wildman–Crippen MR) is 61.1 cm³/mol. The number of likely N-dealkylation sites (tertiary alicyclic amines) is 1. The second kappa shape index (κ2) is 5.97. The Morgan fingerprint density at radius 3 is 2.71 bits per heavy atom. The number of rotatable bonds is 4. The molecule has 0 aromatic rings. The molecule has 3 N–H and O–H groups in total. The second-order valence-corrected chi connectivity index (χ2v) is 5.46. The van der Waals surface area contributed by atoms with Gasteiger partial charge < -0.3 is 20.4 Å². The van der Waals surface area contributed by atoms with Gasteiger partial charge in [0.15, 0.2) is 0 Å². The molecule has 1 heterocycles. The van der Waals surface area contributed by atoms with Gasteiger partial charge in [0.25, 0.3) is 0 Å². The second-order valence-electron chi connectivity index (χ2n) is 3.91. The highest BCUT2D eigenvalue weighted by Gasteiger charge is 2.38. The number of nitrogens with one attached hydrogen (secondary N) is 1. The van der Waals surface area contributed by atoms with E-state index in [1.807, 2.05) is 0 Å². The summed E-state index contributed by atoms with van der Waals surface area (Å²) in [7, 11) is -1.01. The zero-order valence-electron chi connectivity index (χ0n) is 9.46. The first-order valence-corrected chi connectivity index (χ1v) is 6.90. The summed E-state index contributed by atoms with van der Waals surface area (Å²) in [5.41, 5.74) is 0. The Bertz CT molecular complexity index is 335. The first-order valence-electron chi connectivity index (χ1n) is 5.17. The average molecular weight is 264 g/mol. The first kappa shape index (κ1) is 13.9. The summed E-state index contributed by atoms with van der Waals surface area (Å²) in [6, 6.07) is -1.53. The molecular formula is C9H16N2O5S. The monoisotopic (exact) mass is 264 g/mol. The van der Waals surface area contributed by atoms with Gasteiger partial charge in [-0.15, -0.1) is 0 Å². The molecule has 1 rings (SSSR count). The Balaban J connectivity index is 2.49. The van der Waals surface area contributed by atoms with E-state index < -0.39 is 34.9 Å². The van der Waals surface area contributed by atoms with Gasteiger partial charge in [0.05, 0.1) is 6.10 Å². The van der Waals surface area contributed by atoms with Crippen molar-refractivity contribution in [1.29, 1.82) is 0 Å². The number of carboxylic acids is 1. The summed E-state index contributed by atoms with van der Waals surface area (Å²) < 4.78 is 10.8. The van der Waals surface area contributed by atoms with E-state index in [9.17, 15) is 18.9 Å². The Labute approximate surface area is 101 Å². The van der Waals surface area contributed by atoms with Crippen molar-refractivity contribution in [3.05, 3.63) is 0 Å². The molecule has 1 aliphatic rings. The first-order chi connectivity index (χ1) is 7.91. The van der Waals surface area contributed by atoms with Crippen molar-refractivity contribution in [1.82, 2.24) is 10.2 Å². The third-order valence-electron chi connectivity index (χ3n) is 2.49. The van der Waals surface area contributed by atoms with Gasteiger partial charge in [-0.05, 0) is 0 Å². The van der Waals surface area contributed by atoms with Crippen molar-refractivity contribution in [2.24, 2.45) is 0 Å². The zero-order chi connectivity index (χ0) is 13.0. The van der Waals surface area contributed by atoms with Gasteiger partial charge in [-0.1, -0.05) is 0 Å². The van der Waals surface area contributed by atoms with Gasteiger partial charge in [0.2, 0.25) is 0 Å². The highest BCUT2D eigenvalue weighted by molar-refractivity contribution is 7.84. The molecule has 7 nitrogen and oxygen atoms in total. The summed E-state index contributed by atoms with van der Waals surface area (Å²) in [5, 5.41) is 20.7. The summed E-state index contributed by atoms with van der Waals surface area (Å²) in [4.78, 5) is 23.6. The lowest BCUT2D eigenvalue weighted by Crippen LogP contribution is -2.47. The predicted octanol–water partition coefficient (Wildman–Crippen LogP) is -1.41. The minimum Gasteiger partial charge on any atom is -0.480 e. The maximum Gasteiger partial charge on any atom is 0.326 e. The van der Waals surface area contributed by atoms with E-state index in [1.165, 1.54) is 6.26 Å². The maximum absolute atomic E-state index is 11.6. The van der Waals surface area contributed by atoms with Crippen LogP contribution in [0.25, 0.3) is 0 Å². The normalized spacial score (nSPS) is 25.6. The van der Waals surface area contributed by atoms with E-state index in [2.05, 4.69) is 5.32 Å². The average Bonchev–Trinajstić information content (AvgIpc) is 2.59. The standard InChI is InChI=1S/C9H16N2O5S/c1-17(16)3-2-10-9(15)11-5-6(12)4-7(11)8(13)14/h6-7,12H,2-5H2,1H3,(H,10,15)(H,13,14)/t6?,7-,17?/m0/s1. The van der Waals surface area contributed by atoms with Crippen LogP contribution in [0.15, 0.2) is 0 Å². The molecule has 0 radical (unpaired) electrons. The molecule has 0 aliphatic carbocycles. The molecule has 3 atom stereocenters. The summed E-state index contributed by atoms with van der Waals surface area (Å²) in [6.45, 7) is 0.235. The quantitative estimate of drug-likeness (QED) is 0.578. The van der Waals surface area contributed by atoms with E-state index in [-0.39, 0.29) is 19.5 Å².